The molecule has 2 heterocycles. The van der Waals surface area contributed by atoms with Gasteiger partial charge in [-0.25, -0.2) is 0 Å². The zero-order valence-electron chi connectivity index (χ0n) is 14.6. The highest BCUT2D eigenvalue weighted by molar-refractivity contribution is 5.72. The van der Waals surface area contributed by atoms with E-state index in [0.717, 1.165) is 24.5 Å². The van der Waals surface area contributed by atoms with Crippen LogP contribution in [0.5, 0.6) is 0 Å². The van der Waals surface area contributed by atoms with E-state index in [0.29, 0.717) is 12.6 Å². The molecule has 1 unspecified atom stereocenters. The van der Waals surface area contributed by atoms with Crippen molar-refractivity contribution in [2.24, 2.45) is 0 Å². The third-order valence-corrected chi connectivity index (χ3v) is 4.86. The second-order valence-corrected chi connectivity index (χ2v) is 6.52. The highest BCUT2D eigenvalue weighted by Crippen LogP contribution is 2.34. The van der Waals surface area contributed by atoms with Gasteiger partial charge in [0.1, 0.15) is 0 Å². The van der Waals surface area contributed by atoms with Crippen molar-refractivity contribution in [3.63, 3.8) is 0 Å². The lowest BCUT2D eigenvalue weighted by atomic mass is 10.2. The van der Waals surface area contributed by atoms with E-state index < -0.39 is 0 Å². The van der Waals surface area contributed by atoms with Crippen molar-refractivity contribution in [3.05, 3.63) is 60.4 Å². The molecule has 0 bridgehead atoms. The zero-order chi connectivity index (χ0) is 17.2. The quantitative estimate of drug-likeness (QED) is 0.737. The molecule has 0 spiro atoms. The minimum absolute atomic E-state index is 0.409. The van der Waals surface area contributed by atoms with Crippen molar-refractivity contribution in [2.75, 3.05) is 23.4 Å². The Labute approximate surface area is 147 Å². The van der Waals surface area contributed by atoms with E-state index in [-0.39, 0.29) is 0 Å². The van der Waals surface area contributed by atoms with Crippen LogP contribution in [0.3, 0.4) is 0 Å². The Kier molecular flexibility index (Phi) is 4.09. The third kappa shape index (κ3) is 2.95. The number of tetrazole rings is 1. The fourth-order valence-electron chi connectivity index (χ4n) is 3.39. The molecule has 0 saturated heterocycles. The van der Waals surface area contributed by atoms with E-state index in [1.807, 2.05) is 35.0 Å². The molecule has 0 saturated carbocycles. The number of aromatic nitrogens is 4. The van der Waals surface area contributed by atoms with Crippen LogP contribution < -0.4 is 9.80 Å². The molecule has 0 amide bonds. The number of nitrogens with zero attached hydrogens (tertiary/aromatic N) is 6. The number of hydrogen-bond acceptors (Lipinski definition) is 5. The predicted octanol–water partition coefficient (Wildman–Crippen LogP) is 2.90. The van der Waals surface area contributed by atoms with Gasteiger partial charge in [-0.2, -0.15) is 4.68 Å². The normalized spacial score (nSPS) is 17.3. The molecular weight excluding hydrogens is 312 g/mol. The number of rotatable bonds is 3. The smallest absolute Gasteiger partial charge is 0.175 e. The molecule has 6 nitrogen and oxygen atoms in total. The summed E-state index contributed by atoms with van der Waals surface area (Å²) in [7, 11) is 2.16. The summed E-state index contributed by atoms with van der Waals surface area (Å²) in [6.07, 6.45) is 1.10. The van der Waals surface area contributed by atoms with Gasteiger partial charge in [-0.3, -0.25) is 0 Å². The summed E-state index contributed by atoms with van der Waals surface area (Å²) in [5.74, 6) is 0.845. The van der Waals surface area contributed by atoms with Gasteiger partial charge in [0.2, 0.25) is 0 Å². The van der Waals surface area contributed by atoms with Gasteiger partial charge in [-0.1, -0.05) is 30.3 Å². The van der Waals surface area contributed by atoms with Gasteiger partial charge in [0.25, 0.3) is 0 Å². The second kappa shape index (κ2) is 6.55. The number of benzene rings is 2. The van der Waals surface area contributed by atoms with Gasteiger partial charge in [0, 0.05) is 19.6 Å². The van der Waals surface area contributed by atoms with Crippen LogP contribution in [-0.4, -0.2) is 39.8 Å². The first kappa shape index (κ1) is 15.6. The average molecular weight is 334 g/mol. The lowest BCUT2D eigenvalue weighted by Crippen LogP contribution is -2.33. The summed E-state index contributed by atoms with van der Waals surface area (Å²) < 4.78 is 1.82. The zero-order valence-corrected chi connectivity index (χ0v) is 14.6. The lowest BCUT2D eigenvalue weighted by molar-refractivity contribution is 0.585. The standard InChI is InChI=1S/C19H22N6/c1-15-12-13-23(2)17-10-6-7-11-18(17)24(15)14-19-20-21-22-25(19)16-8-4-3-5-9-16/h3-11,15H,12-14H2,1-2H3. The summed E-state index contributed by atoms with van der Waals surface area (Å²) in [5.41, 5.74) is 3.47. The van der Waals surface area contributed by atoms with Crippen LogP contribution in [0.2, 0.25) is 0 Å². The van der Waals surface area contributed by atoms with E-state index in [9.17, 15) is 0 Å². The second-order valence-electron chi connectivity index (χ2n) is 6.52. The van der Waals surface area contributed by atoms with E-state index >= 15 is 0 Å². The molecule has 0 fully saturated rings. The maximum absolute atomic E-state index is 4.29. The van der Waals surface area contributed by atoms with Crippen LogP contribution in [0.25, 0.3) is 5.69 Å². The molecule has 3 aromatic rings. The van der Waals surface area contributed by atoms with Gasteiger partial charge in [-0.05, 0) is 48.0 Å². The molecule has 4 rings (SSSR count). The number of para-hydroxylation sites is 3. The van der Waals surface area contributed by atoms with Gasteiger partial charge in [0.05, 0.1) is 23.6 Å². The summed E-state index contributed by atoms with van der Waals surface area (Å²) >= 11 is 0. The molecule has 128 valence electrons. The molecule has 2 aromatic carbocycles. The van der Waals surface area contributed by atoms with Crippen molar-refractivity contribution < 1.29 is 0 Å². The van der Waals surface area contributed by atoms with Crippen molar-refractivity contribution in [1.82, 2.24) is 20.2 Å². The van der Waals surface area contributed by atoms with Crippen molar-refractivity contribution in [3.8, 4) is 5.69 Å². The molecule has 1 atom stereocenters. The molecule has 25 heavy (non-hydrogen) atoms. The Bertz CT molecular complexity index is 844. The molecular formula is C19H22N6. The number of hydrogen-bond donors (Lipinski definition) is 0. The van der Waals surface area contributed by atoms with Crippen LogP contribution in [-0.2, 0) is 6.54 Å². The van der Waals surface area contributed by atoms with Crippen LogP contribution in [0.4, 0.5) is 11.4 Å². The highest BCUT2D eigenvalue weighted by atomic mass is 15.5. The molecule has 6 heteroatoms. The third-order valence-electron chi connectivity index (χ3n) is 4.86. The first-order chi connectivity index (χ1) is 12.2. The Hall–Kier alpha value is -2.89. The van der Waals surface area contributed by atoms with Crippen LogP contribution in [0.15, 0.2) is 54.6 Å². The summed E-state index contributed by atoms with van der Waals surface area (Å²) in [5, 5.41) is 12.4. The van der Waals surface area contributed by atoms with Crippen LogP contribution >= 0.6 is 0 Å². The first-order valence-corrected chi connectivity index (χ1v) is 8.63. The van der Waals surface area contributed by atoms with Crippen LogP contribution in [0.1, 0.15) is 19.2 Å². The predicted molar refractivity (Wildman–Crippen MR) is 99.1 cm³/mol. The Morgan fingerprint density at radius 2 is 1.72 bits per heavy atom. The average Bonchev–Trinajstić information content (AvgIpc) is 3.08. The largest absolute Gasteiger partial charge is 0.373 e. The maximum atomic E-state index is 4.29. The number of anilines is 2. The summed E-state index contributed by atoms with van der Waals surface area (Å²) in [4.78, 5) is 4.73. The van der Waals surface area contributed by atoms with Gasteiger partial charge < -0.3 is 9.80 Å². The van der Waals surface area contributed by atoms with E-state index in [2.05, 4.69) is 63.6 Å². The van der Waals surface area contributed by atoms with Crippen molar-refractivity contribution >= 4 is 11.4 Å². The monoisotopic (exact) mass is 334 g/mol. The summed E-state index contributed by atoms with van der Waals surface area (Å²) in [6, 6.07) is 19.0. The van der Waals surface area contributed by atoms with Gasteiger partial charge >= 0.3 is 0 Å². The van der Waals surface area contributed by atoms with Crippen molar-refractivity contribution in [1.29, 1.82) is 0 Å². The van der Waals surface area contributed by atoms with Gasteiger partial charge in [0.15, 0.2) is 5.82 Å². The topological polar surface area (TPSA) is 50.1 Å². The van der Waals surface area contributed by atoms with E-state index in [1.165, 1.54) is 11.4 Å². The Morgan fingerprint density at radius 1 is 1.00 bits per heavy atom. The fraction of sp³-hybridized carbons (Fsp3) is 0.316. The van der Waals surface area contributed by atoms with Gasteiger partial charge in [-0.15, -0.1) is 5.10 Å². The first-order valence-electron chi connectivity index (χ1n) is 8.63. The molecule has 1 aliphatic heterocycles. The minimum Gasteiger partial charge on any atom is -0.373 e. The van der Waals surface area contributed by atoms with Crippen LogP contribution in [0, 0.1) is 0 Å². The molecule has 1 aliphatic rings. The minimum atomic E-state index is 0.409. The maximum Gasteiger partial charge on any atom is 0.175 e. The SMILES string of the molecule is CC1CCN(C)c2ccccc2N1Cc1nnnn1-c1ccccc1. The van der Waals surface area contributed by atoms with E-state index in [4.69, 9.17) is 0 Å². The highest BCUT2D eigenvalue weighted by Gasteiger charge is 2.25. The molecule has 0 radical (unpaired) electrons. The van der Waals surface area contributed by atoms with E-state index in [1.54, 1.807) is 0 Å². The Morgan fingerprint density at radius 3 is 2.52 bits per heavy atom. The summed E-state index contributed by atoms with van der Waals surface area (Å²) in [6.45, 7) is 3.98. The van der Waals surface area contributed by atoms with Crippen molar-refractivity contribution in [2.45, 2.75) is 25.9 Å². The fourth-order valence-corrected chi connectivity index (χ4v) is 3.39. The molecule has 0 N–H and O–H groups in total. The Balaban J connectivity index is 1.71. The molecule has 0 aliphatic carbocycles. The lowest BCUT2D eigenvalue weighted by Gasteiger charge is -2.30. The number of fused-ring (bicyclic) bond motifs is 1. The molecule has 1 aromatic heterocycles.